The van der Waals surface area contributed by atoms with Crippen molar-refractivity contribution in [3.63, 3.8) is 0 Å². The Morgan fingerprint density at radius 2 is 1.60 bits per heavy atom. The Labute approximate surface area is 146 Å². The van der Waals surface area contributed by atoms with Crippen LogP contribution in [0.4, 0.5) is 5.69 Å². The molecular formula is C19H21N3O3. The van der Waals surface area contributed by atoms with E-state index in [1.807, 2.05) is 6.92 Å². The first kappa shape index (κ1) is 18.2. The first-order valence-corrected chi connectivity index (χ1v) is 8.02. The van der Waals surface area contributed by atoms with Gasteiger partial charge in [-0.05, 0) is 42.8 Å². The molecule has 0 aliphatic rings. The Kier molecular flexibility index (Phi) is 6.28. The van der Waals surface area contributed by atoms with E-state index in [1.54, 1.807) is 48.5 Å². The van der Waals surface area contributed by atoms with Crippen LogP contribution in [0.25, 0.3) is 0 Å². The molecule has 6 heteroatoms. The quantitative estimate of drug-likeness (QED) is 0.755. The van der Waals surface area contributed by atoms with Gasteiger partial charge in [0.2, 0.25) is 5.91 Å². The molecule has 0 unspecified atom stereocenters. The van der Waals surface area contributed by atoms with Crippen LogP contribution >= 0.6 is 0 Å². The summed E-state index contributed by atoms with van der Waals surface area (Å²) >= 11 is 0. The highest BCUT2D eigenvalue weighted by Crippen LogP contribution is 2.13. The van der Waals surface area contributed by atoms with Gasteiger partial charge in [0, 0.05) is 36.8 Å². The van der Waals surface area contributed by atoms with Gasteiger partial charge in [-0.2, -0.15) is 0 Å². The Hall–Kier alpha value is -3.15. The van der Waals surface area contributed by atoms with E-state index >= 15 is 0 Å². The molecule has 130 valence electrons. The molecule has 0 fully saturated rings. The summed E-state index contributed by atoms with van der Waals surface area (Å²) in [6, 6.07) is 13.7. The predicted molar refractivity (Wildman–Crippen MR) is 96.4 cm³/mol. The van der Waals surface area contributed by atoms with Crippen LogP contribution in [0.2, 0.25) is 0 Å². The molecule has 0 aliphatic heterocycles. The number of benzene rings is 2. The zero-order chi connectivity index (χ0) is 18.2. The molecule has 0 saturated carbocycles. The maximum atomic E-state index is 12.3. The summed E-state index contributed by atoms with van der Waals surface area (Å²) in [7, 11) is 0. The van der Waals surface area contributed by atoms with Crippen LogP contribution < -0.4 is 16.0 Å². The van der Waals surface area contributed by atoms with Gasteiger partial charge in [0.15, 0.2) is 0 Å². The molecule has 0 spiro atoms. The van der Waals surface area contributed by atoms with Crippen molar-refractivity contribution in [3.8, 4) is 0 Å². The maximum Gasteiger partial charge on any atom is 0.255 e. The highest BCUT2D eigenvalue weighted by Gasteiger charge is 2.09. The van der Waals surface area contributed by atoms with E-state index in [4.69, 9.17) is 0 Å². The van der Waals surface area contributed by atoms with Crippen molar-refractivity contribution in [1.29, 1.82) is 0 Å². The smallest absolute Gasteiger partial charge is 0.255 e. The van der Waals surface area contributed by atoms with E-state index < -0.39 is 0 Å². The van der Waals surface area contributed by atoms with Crippen LogP contribution in [0.5, 0.6) is 0 Å². The number of hydrogen-bond acceptors (Lipinski definition) is 3. The normalized spacial score (nSPS) is 10.0. The van der Waals surface area contributed by atoms with E-state index in [0.717, 1.165) is 5.56 Å². The molecule has 3 N–H and O–H groups in total. The minimum absolute atomic E-state index is 0.103. The van der Waals surface area contributed by atoms with Crippen molar-refractivity contribution < 1.29 is 14.4 Å². The highest BCUT2D eigenvalue weighted by atomic mass is 16.2. The summed E-state index contributed by atoms with van der Waals surface area (Å²) in [6.07, 6.45) is 0. The molecule has 0 saturated heterocycles. The SMILES string of the molecule is CCNC(=O)c1cccc(NC(=O)c2ccc(CNC(C)=O)cc2)c1. The Balaban J connectivity index is 2.03. The zero-order valence-corrected chi connectivity index (χ0v) is 14.3. The molecule has 2 rings (SSSR count). The third-order valence-electron chi connectivity index (χ3n) is 3.48. The minimum Gasteiger partial charge on any atom is -0.352 e. The lowest BCUT2D eigenvalue weighted by Gasteiger charge is -2.08. The fourth-order valence-corrected chi connectivity index (χ4v) is 2.20. The first-order chi connectivity index (χ1) is 12.0. The number of hydrogen-bond donors (Lipinski definition) is 3. The number of amides is 3. The van der Waals surface area contributed by atoms with Gasteiger partial charge in [0.05, 0.1) is 0 Å². The van der Waals surface area contributed by atoms with Crippen LogP contribution in [0.1, 0.15) is 40.1 Å². The summed E-state index contributed by atoms with van der Waals surface area (Å²) in [5, 5.41) is 8.20. The fraction of sp³-hybridized carbons (Fsp3) is 0.211. The molecule has 3 amide bonds. The molecule has 6 nitrogen and oxygen atoms in total. The number of nitrogens with one attached hydrogen (secondary N) is 3. The Bertz CT molecular complexity index is 770. The van der Waals surface area contributed by atoms with Gasteiger partial charge in [-0.3, -0.25) is 14.4 Å². The molecule has 0 aromatic heterocycles. The van der Waals surface area contributed by atoms with Crippen LogP contribution in [0.3, 0.4) is 0 Å². The van der Waals surface area contributed by atoms with Crippen molar-refractivity contribution >= 4 is 23.4 Å². The van der Waals surface area contributed by atoms with Gasteiger partial charge < -0.3 is 16.0 Å². The van der Waals surface area contributed by atoms with Gasteiger partial charge in [-0.1, -0.05) is 18.2 Å². The van der Waals surface area contributed by atoms with Crippen LogP contribution in [0.15, 0.2) is 48.5 Å². The summed E-state index contributed by atoms with van der Waals surface area (Å²) in [5.74, 6) is -0.547. The second-order valence-corrected chi connectivity index (χ2v) is 5.50. The maximum absolute atomic E-state index is 12.3. The number of rotatable bonds is 6. The summed E-state index contributed by atoms with van der Waals surface area (Å²) in [4.78, 5) is 35.1. The average molecular weight is 339 g/mol. The largest absolute Gasteiger partial charge is 0.352 e. The lowest BCUT2D eigenvalue weighted by molar-refractivity contribution is -0.119. The van der Waals surface area contributed by atoms with Crippen molar-refractivity contribution in [2.24, 2.45) is 0 Å². The second-order valence-electron chi connectivity index (χ2n) is 5.50. The fourth-order valence-electron chi connectivity index (χ4n) is 2.20. The molecule has 2 aromatic rings. The monoisotopic (exact) mass is 339 g/mol. The zero-order valence-electron chi connectivity index (χ0n) is 14.3. The van der Waals surface area contributed by atoms with E-state index in [-0.39, 0.29) is 17.7 Å². The Morgan fingerprint density at radius 1 is 0.880 bits per heavy atom. The number of anilines is 1. The standard InChI is InChI=1S/C19H21N3O3/c1-3-20-18(24)16-5-4-6-17(11-16)22-19(25)15-9-7-14(8-10-15)12-21-13(2)23/h4-11H,3,12H2,1-2H3,(H,20,24)(H,21,23)(H,22,25). The molecular weight excluding hydrogens is 318 g/mol. The first-order valence-electron chi connectivity index (χ1n) is 8.02. The molecule has 25 heavy (non-hydrogen) atoms. The van der Waals surface area contributed by atoms with Gasteiger partial charge in [0.25, 0.3) is 11.8 Å². The van der Waals surface area contributed by atoms with E-state index in [0.29, 0.717) is 29.9 Å². The molecule has 0 heterocycles. The van der Waals surface area contributed by atoms with Crippen molar-refractivity contribution in [3.05, 3.63) is 65.2 Å². The van der Waals surface area contributed by atoms with Gasteiger partial charge in [0.1, 0.15) is 0 Å². The summed E-state index contributed by atoms with van der Waals surface area (Å²) < 4.78 is 0. The van der Waals surface area contributed by atoms with E-state index in [1.165, 1.54) is 6.92 Å². The third kappa shape index (κ3) is 5.46. The second kappa shape index (κ2) is 8.63. The molecule has 0 radical (unpaired) electrons. The van der Waals surface area contributed by atoms with E-state index in [2.05, 4.69) is 16.0 Å². The van der Waals surface area contributed by atoms with Crippen molar-refractivity contribution in [2.75, 3.05) is 11.9 Å². The van der Waals surface area contributed by atoms with Gasteiger partial charge in [-0.25, -0.2) is 0 Å². The molecule has 0 aliphatic carbocycles. The predicted octanol–water partition coefficient (Wildman–Crippen LogP) is 2.32. The summed E-state index contributed by atoms with van der Waals surface area (Å²) in [6.45, 7) is 4.27. The van der Waals surface area contributed by atoms with Crippen LogP contribution in [-0.4, -0.2) is 24.3 Å². The lowest BCUT2D eigenvalue weighted by Crippen LogP contribution is -2.22. The molecule has 0 atom stereocenters. The third-order valence-corrected chi connectivity index (χ3v) is 3.48. The minimum atomic E-state index is -0.265. The lowest BCUT2D eigenvalue weighted by atomic mass is 10.1. The Morgan fingerprint density at radius 3 is 2.24 bits per heavy atom. The van der Waals surface area contributed by atoms with Gasteiger partial charge >= 0.3 is 0 Å². The van der Waals surface area contributed by atoms with Crippen LogP contribution in [0, 0.1) is 0 Å². The van der Waals surface area contributed by atoms with Gasteiger partial charge in [-0.15, -0.1) is 0 Å². The van der Waals surface area contributed by atoms with Crippen LogP contribution in [-0.2, 0) is 11.3 Å². The average Bonchev–Trinajstić information content (AvgIpc) is 2.61. The number of carbonyl (C=O) groups excluding carboxylic acids is 3. The highest BCUT2D eigenvalue weighted by molar-refractivity contribution is 6.05. The number of carbonyl (C=O) groups is 3. The molecule has 0 bridgehead atoms. The summed E-state index contributed by atoms with van der Waals surface area (Å²) in [5.41, 5.74) is 2.45. The van der Waals surface area contributed by atoms with Crippen molar-refractivity contribution in [1.82, 2.24) is 10.6 Å². The molecule has 2 aromatic carbocycles. The van der Waals surface area contributed by atoms with E-state index in [9.17, 15) is 14.4 Å². The van der Waals surface area contributed by atoms with Crippen molar-refractivity contribution in [2.45, 2.75) is 20.4 Å². The topological polar surface area (TPSA) is 87.3 Å².